The van der Waals surface area contributed by atoms with Crippen molar-refractivity contribution in [2.75, 3.05) is 10.6 Å². The van der Waals surface area contributed by atoms with Crippen LogP contribution in [0.4, 0.5) is 23.4 Å². The fraction of sp³-hybridized carbons (Fsp3) is 0. The summed E-state index contributed by atoms with van der Waals surface area (Å²) >= 11 is 0. The lowest BCUT2D eigenvalue weighted by molar-refractivity contribution is 0.572. The Hall–Kier alpha value is -4.47. The van der Waals surface area contributed by atoms with Crippen molar-refractivity contribution in [2.45, 2.75) is 0 Å². The van der Waals surface area contributed by atoms with Crippen LogP contribution in [-0.4, -0.2) is 30.1 Å². The van der Waals surface area contributed by atoms with Gasteiger partial charge in [-0.05, 0) is 36.4 Å². The van der Waals surface area contributed by atoms with Crippen LogP contribution in [0.2, 0.25) is 0 Å². The molecule has 4 aromatic heterocycles. The Morgan fingerprint density at radius 3 is 2.48 bits per heavy atom. The molecular weight excluding hydrogens is 372 g/mol. The first-order valence-electron chi connectivity index (χ1n) is 8.64. The number of anilines is 4. The Bertz CT molecular complexity index is 1200. The second kappa shape index (κ2) is 7.27. The molecule has 0 radical (unpaired) electrons. The third-order valence-corrected chi connectivity index (χ3v) is 4.09. The fourth-order valence-electron chi connectivity index (χ4n) is 2.73. The molecule has 1 aromatic carbocycles. The molecule has 0 amide bonds. The van der Waals surface area contributed by atoms with Crippen molar-refractivity contribution in [3.63, 3.8) is 0 Å². The molecule has 10 nitrogen and oxygen atoms in total. The van der Waals surface area contributed by atoms with Crippen LogP contribution in [0.25, 0.3) is 22.6 Å². The topological polar surface area (TPSA) is 131 Å². The van der Waals surface area contributed by atoms with Crippen LogP contribution in [0, 0.1) is 0 Å². The summed E-state index contributed by atoms with van der Waals surface area (Å²) in [4.78, 5) is 16.6. The molecule has 0 saturated heterocycles. The SMILES string of the molecule is c1coc(-c2cn[nH]c2Nc2ncnc(Nc3ccc(-c4cnco4)cc3)n2)c1. The number of hydrogen-bond acceptors (Lipinski definition) is 9. The molecule has 10 heteroatoms. The van der Waals surface area contributed by atoms with Crippen LogP contribution in [0.5, 0.6) is 0 Å². The van der Waals surface area contributed by atoms with Gasteiger partial charge in [-0.2, -0.15) is 10.1 Å². The molecule has 0 spiro atoms. The summed E-state index contributed by atoms with van der Waals surface area (Å²) in [5, 5.41) is 13.2. The van der Waals surface area contributed by atoms with Gasteiger partial charge in [0.05, 0.1) is 24.2 Å². The first-order chi connectivity index (χ1) is 14.3. The van der Waals surface area contributed by atoms with E-state index in [0.29, 0.717) is 29.2 Å². The van der Waals surface area contributed by atoms with E-state index < -0.39 is 0 Å². The minimum absolute atomic E-state index is 0.359. The second-order valence-corrected chi connectivity index (χ2v) is 5.96. The van der Waals surface area contributed by atoms with Gasteiger partial charge in [-0.25, -0.2) is 15.0 Å². The summed E-state index contributed by atoms with van der Waals surface area (Å²) in [5.74, 6) is 2.76. The van der Waals surface area contributed by atoms with Crippen LogP contribution >= 0.6 is 0 Å². The number of aromatic nitrogens is 6. The number of hydrogen-bond donors (Lipinski definition) is 3. The van der Waals surface area contributed by atoms with Crippen molar-refractivity contribution >= 4 is 23.4 Å². The number of oxazole rings is 1. The van der Waals surface area contributed by atoms with Gasteiger partial charge in [0.2, 0.25) is 11.9 Å². The standard InChI is InChI=1S/C19H14N8O2/c1-2-15(28-7-1)14-8-23-27-17(14)25-19-22-10-21-18(26-19)24-13-5-3-12(4-6-13)16-9-20-11-29-16/h1-11H,(H3,21,22,23,24,25,26,27). The highest BCUT2D eigenvalue weighted by atomic mass is 16.3. The van der Waals surface area contributed by atoms with E-state index in [1.54, 1.807) is 18.7 Å². The number of aromatic amines is 1. The smallest absolute Gasteiger partial charge is 0.233 e. The summed E-state index contributed by atoms with van der Waals surface area (Å²) in [6, 6.07) is 11.3. The van der Waals surface area contributed by atoms with Crippen molar-refractivity contribution in [1.82, 2.24) is 30.1 Å². The van der Waals surface area contributed by atoms with E-state index in [9.17, 15) is 0 Å². The van der Waals surface area contributed by atoms with E-state index in [4.69, 9.17) is 8.83 Å². The maximum Gasteiger partial charge on any atom is 0.233 e. The zero-order chi connectivity index (χ0) is 19.5. The summed E-state index contributed by atoms with van der Waals surface area (Å²) in [6.45, 7) is 0. The molecule has 142 valence electrons. The highest BCUT2D eigenvalue weighted by Crippen LogP contribution is 2.28. The molecule has 0 aliphatic carbocycles. The lowest BCUT2D eigenvalue weighted by Gasteiger charge is -2.07. The minimum atomic E-state index is 0.359. The zero-order valence-corrected chi connectivity index (χ0v) is 14.9. The maximum atomic E-state index is 5.42. The minimum Gasteiger partial charge on any atom is -0.464 e. The normalized spacial score (nSPS) is 10.8. The van der Waals surface area contributed by atoms with Crippen molar-refractivity contribution in [2.24, 2.45) is 0 Å². The van der Waals surface area contributed by atoms with Crippen LogP contribution in [0.3, 0.4) is 0 Å². The lowest BCUT2D eigenvalue weighted by Crippen LogP contribution is -2.03. The fourth-order valence-corrected chi connectivity index (χ4v) is 2.73. The lowest BCUT2D eigenvalue weighted by atomic mass is 10.2. The molecule has 0 aliphatic rings. The van der Waals surface area contributed by atoms with E-state index in [0.717, 1.165) is 16.8 Å². The first-order valence-corrected chi connectivity index (χ1v) is 8.64. The van der Waals surface area contributed by atoms with E-state index in [1.807, 2.05) is 36.4 Å². The summed E-state index contributed by atoms with van der Waals surface area (Å²) in [5.41, 5.74) is 2.52. The van der Waals surface area contributed by atoms with E-state index >= 15 is 0 Å². The molecule has 0 fully saturated rings. The highest BCUT2D eigenvalue weighted by Gasteiger charge is 2.12. The van der Waals surface area contributed by atoms with Crippen molar-refractivity contribution in [3.05, 3.63) is 67.8 Å². The third-order valence-electron chi connectivity index (χ3n) is 4.09. The van der Waals surface area contributed by atoms with Gasteiger partial charge in [-0.3, -0.25) is 5.10 Å². The quantitative estimate of drug-likeness (QED) is 0.396. The summed E-state index contributed by atoms with van der Waals surface area (Å²) < 4.78 is 10.7. The van der Waals surface area contributed by atoms with Gasteiger partial charge in [-0.1, -0.05) is 0 Å². The number of furan rings is 1. The molecule has 5 rings (SSSR count). The first kappa shape index (κ1) is 16.7. The average molecular weight is 386 g/mol. The van der Waals surface area contributed by atoms with Crippen LogP contribution in [0.1, 0.15) is 0 Å². The Morgan fingerprint density at radius 1 is 0.862 bits per heavy atom. The van der Waals surface area contributed by atoms with Crippen LogP contribution in [0.15, 0.2) is 76.6 Å². The molecule has 0 unspecified atom stereocenters. The number of rotatable bonds is 6. The number of H-pyrrole nitrogens is 1. The largest absolute Gasteiger partial charge is 0.464 e. The zero-order valence-electron chi connectivity index (χ0n) is 14.9. The van der Waals surface area contributed by atoms with Crippen molar-refractivity contribution in [1.29, 1.82) is 0 Å². The monoisotopic (exact) mass is 386 g/mol. The Kier molecular flexibility index (Phi) is 4.18. The Balaban J connectivity index is 1.32. The molecule has 0 atom stereocenters. The van der Waals surface area contributed by atoms with Crippen molar-refractivity contribution in [3.8, 4) is 22.6 Å². The molecule has 3 N–H and O–H groups in total. The van der Waals surface area contributed by atoms with Gasteiger partial charge < -0.3 is 19.5 Å². The van der Waals surface area contributed by atoms with Gasteiger partial charge in [0.25, 0.3) is 0 Å². The number of nitrogens with zero attached hydrogens (tertiary/aromatic N) is 5. The maximum absolute atomic E-state index is 5.42. The molecule has 0 aliphatic heterocycles. The van der Waals surface area contributed by atoms with Gasteiger partial charge in [-0.15, -0.1) is 0 Å². The van der Waals surface area contributed by atoms with Gasteiger partial charge in [0.1, 0.15) is 17.9 Å². The Labute approximate surface area is 164 Å². The molecule has 0 saturated carbocycles. The van der Waals surface area contributed by atoms with E-state index in [2.05, 4.69) is 40.8 Å². The van der Waals surface area contributed by atoms with Crippen molar-refractivity contribution < 1.29 is 8.83 Å². The summed E-state index contributed by atoms with van der Waals surface area (Å²) in [7, 11) is 0. The van der Waals surface area contributed by atoms with E-state index in [1.165, 1.54) is 12.7 Å². The third kappa shape index (κ3) is 3.54. The Morgan fingerprint density at radius 2 is 1.72 bits per heavy atom. The van der Waals surface area contributed by atoms with Gasteiger partial charge in [0.15, 0.2) is 12.2 Å². The molecule has 0 bridgehead atoms. The van der Waals surface area contributed by atoms with Gasteiger partial charge in [0, 0.05) is 11.3 Å². The molecule has 29 heavy (non-hydrogen) atoms. The average Bonchev–Trinajstić information content (AvgIpc) is 3.51. The van der Waals surface area contributed by atoms with Gasteiger partial charge >= 0.3 is 0 Å². The highest BCUT2D eigenvalue weighted by molar-refractivity contribution is 5.73. The second-order valence-electron chi connectivity index (χ2n) is 5.96. The number of nitrogens with one attached hydrogen (secondary N) is 3. The molecular formula is C19H14N8O2. The van der Waals surface area contributed by atoms with Crippen LogP contribution < -0.4 is 10.6 Å². The van der Waals surface area contributed by atoms with Crippen LogP contribution in [-0.2, 0) is 0 Å². The summed E-state index contributed by atoms with van der Waals surface area (Å²) in [6.07, 6.45) is 7.75. The van der Waals surface area contributed by atoms with E-state index in [-0.39, 0.29) is 0 Å². The predicted octanol–water partition coefficient (Wildman–Crippen LogP) is 4.00. The molecule has 5 aromatic rings. The molecule has 4 heterocycles. The number of benzene rings is 1. The predicted molar refractivity (Wildman–Crippen MR) is 105 cm³/mol.